The van der Waals surface area contributed by atoms with E-state index in [9.17, 15) is 0 Å². The summed E-state index contributed by atoms with van der Waals surface area (Å²) in [5, 5.41) is 14.3. The minimum absolute atomic E-state index is 0.631. The summed E-state index contributed by atoms with van der Waals surface area (Å²) in [5.74, 6) is 1.45. The SMILES string of the molecule is CCCNc1nc(NCCN(C)C)c2cn[nH]c2n1. The molecular formula is C12H21N7. The molecule has 0 aliphatic rings. The van der Waals surface area contributed by atoms with Crippen molar-refractivity contribution in [2.45, 2.75) is 13.3 Å². The van der Waals surface area contributed by atoms with E-state index in [-0.39, 0.29) is 0 Å². The van der Waals surface area contributed by atoms with Crippen molar-refractivity contribution >= 4 is 22.8 Å². The van der Waals surface area contributed by atoms with E-state index in [1.807, 2.05) is 14.1 Å². The molecule has 0 fully saturated rings. The molecule has 0 saturated carbocycles. The van der Waals surface area contributed by atoms with Crippen LogP contribution in [0.3, 0.4) is 0 Å². The van der Waals surface area contributed by atoms with Crippen LogP contribution >= 0.6 is 0 Å². The number of nitrogens with zero attached hydrogens (tertiary/aromatic N) is 4. The molecule has 0 bridgehead atoms. The largest absolute Gasteiger partial charge is 0.368 e. The summed E-state index contributed by atoms with van der Waals surface area (Å²) in [4.78, 5) is 11.0. The molecule has 0 aromatic carbocycles. The molecule has 2 heterocycles. The lowest BCUT2D eigenvalue weighted by atomic mass is 10.4. The van der Waals surface area contributed by atoms with Gasteiger partial charge >= 0.3 is 0 Å². The number of hydrogen-bond donors (Lipinski definition) is 3. The number of nitrogens with one attached hydrogen (secondary N) is 3. The maximum atomic E-state index is 4.50. The number of anilines is 2. The average Bonchev–Trinajstić information content (AvgIpc) is 2.84. The highest BCUT2D eigenvalue weighted by Gasteiger charge is 2.08. The number of aromatic nitrogens is 4. The molecule has 0 aliphatic carbocycles. The summed E-state index contributed by atoms with van der Waals surface area (Å²) < 4.78 is 0. The van der Waals surface area contributed by atoms with Crippen LogP contribution in [0, 0.1) is 0 Å². The summed E-state index contributed by atoms with van der Waals surface area (Å²) in [7, 11) is 4.09. The van der Waals surface area contributed by atoms with E-state index in [4.69, 9.17) is 0 Å². The topological polar surface area (TPSA) is 81.8 Å². The molecule has 19 heavy (non-hydrogen) atoms. The highest BCUT2D eigenvalue weighted by molar-refractivity contribution is 5.86. The van der Waals surface area contributed by atoms with Crippen LogP contribution in [0.4, 0.5) is 11.8 Å². The van der Waals surface area contributed by atoms with E-state index in [2.05, 4.69) is 42.6 Å². The van der Waals surface area contributed by atoms with Gasteiger partial charge in [-0.1, -0.05) is 6.92 Å². The smallest absolute Gasteiger partial charge is 0.226 e. The molecule has 7 heteroatoms. The van der Waals surface area contributed by atoms with Gasteiger partial charge in [0.2, 0.25) is 5.95 Å². The summed E-state index contributed by atoms with van der Waals surface area (Å²) in [6.07, 6.45) is 2.78. The fourth-order valence-corrected chi connectivity index (χ4v) is 1.68. The lowest BCUT2D eigenvalue weighted by molar-refractivity contribution is 0.425. The lowest BCUT2D eigenvalue weighted by Crippen LogP contribution is -2.21. The maximum absolute atomic E-state index is 4.50. The number of likely N-dealkylation sites (N-methyl/N-ethyl adjacent to an activating group) is 1. The van der Waals surface area contributed by atoms with E-state index in [0.717, 1.165) is 42.9 Å². The molecule has 0 aliphatic heterocycles. The van der Waals surface area contributed by atoms with Gasteiger partial charge in [0.1, 0.15) is 5.82 Å². The van der Waals surface area contributed by atoms with Crippen molar-refractivity contribution < 1.29 is 0 Å². The summed E-state index contributed by atoms with van der Waals surface area (Å²) in [5.41, 5.74) is 0.751. The van der Waals surface area contributed by atoms with Gasteiger partial charge in [0.05, 0.1) is 11.6 Å². The van der Waals surface area contributed by atoms with Crippen LogP contribution in [0.2, 0.25) is 0 Å². The van der Waals surface area contributed by atoms with Crippen molar-refractivity contribution in [1.29, 1.82) is 0 Å². The Balaban J connectivity index is 2.16. The molecule has 2 rings (SSSR count). The first-order valence-electron chi connectivity index (χ1n) is 6.54. The van der Waals surface area contributed by atoms with E-state index >= 15 is 0 Å². The van der Waals surface area contributed by atoms with E-state index in [0.29, 0.717) is 5.95 Å². The Labute approximate surface area is 112 Å². The third-order valence-corrected chi connectivity index (χ3v) is 2.69. The zero-order valence-corrected chi connectivity index (χ0v) is 11.7. The van der Waals surface area contributed by atoms with Gasteiger partial charge in [0.15, 0.2) is 5.65 Å². The minimum atomic E-state index is 0.631. The van der Waals surface area contributed by atoms with Crippen LogP contribution in [0.25, 0.3) is 11.0 Å². The molecule has 104 valence electrons. The first kappa shape index (κ1) is 13.5. The van der Waals surface area contributed by atoms with Gasteiger partial charge in [-0.15, -0.1) is 0 Å². The number of hydrogen-bond acceptors (Lipinski definition) is 6. The van der Waals surface area contributed by atoms with Gasteiger partial charge in [0, 0.05) is 19.6 Å². The van der Waals surface area contributed by atoms with Crippen molar-refractivity contribution in [1.82, 2.24) is 25.1 Å². The quantitative estimate of drug-likeness (QED) is 0.695. The van der Waals surface area contributed by atoms with Gasteiger partial charge in [-0.3, -0.25) is 5.10 Å². The normalized spacial score (nSPS) is 11.2. The molecule has 0 amide bonds. The highest BCUT2D eigenvalue weighted by Crippen LogP contribution is 2.19. The van der Waals surface area contributed by atoms with Crippen LogP contribution < -0.4 is 10.6 Å². The van der Waals surface area contributed by atoms with Gasteiger partial charge < -0.3 is 15.5 Å². The summed E-state index contributed by atoms with van der Waals surface area (Å²) >= 11 is 0. The Morgan fingerprint density at radius 3 is 2.79 bits per heavy atom. The second-order valence-corrected chi connectivity index (χ2v) is 4.68. The number of fused-ring (bicyclic) bond motifs is 1. The Kier molecular flexibility index (Phi) is 4.51. The van der Waals surface area contributed by atoms with E-state index < -0.39 is 0 Å². The van der Waals surface area contributed by atoms with Crippen LogP contribution in [0.15, 0.2) is 6.20 Å². The number of H-pyrrole nitrogens is 1. The van der Waals surface area contributed by atoms with Crippen molar-refractivity contribution in [2.24, 2.45) is 0 Å². The molecule has 2 aromatic rings. The second-order valence-electron chi connectivity index (χ2n) is 4.68. The third kappa shape index (κ3) is 3.54. The van der Waals surface area contributed by atoms with Crippen molar-refractivity contribution in [3.63, 3.8) is 0 Å². The second kappa shape index (κ2) is 6.33. The zero-order chi connectivity index (χ0) is 13.7. The fourth-order valence-electron chi connectivity index (χ4n) is 1.68. The van der Waals surface area contributed by atoms with E-state index in [1.54, 1.807) is 6.20 Å². The third-order valence-electron chi connectivity index (χ3n) is 2.69. The Morgan fingerprint density at radius 1 is 1.21 bits per heavy atom. The van der Waals surface area contributed by atoms with E-state index in [1.165, 1.54) is 0 Å². The monoisotopic (exact) mass is 263 g/mol. The number of rotatable bonds is 7. The fraction of sp³-hybridized carbons (Fsp3) is 0.583. The van der Waals surface area contributed by atoms with Crippen LogP contribution in [-0.4, -0.2) is 58.8 Å². The first-order chi connectivity index (χ1) is 9.20. The molecule has 0 radical (unpaired) electrons. The van der Waals surface area contributed by atoms with Gasteiger partial charge in [-0.05, 0) is 20.5 Å². The maximum Gasteiger partial charge on any atom is 0.226 e. The van der Waals surface area contributed by atoms with Crippen LogP contribution in [-0.2, 0) is 0 Å². The van der Waals surface area contributed by atoms with Crippen molar-refractivity contribution in [2.75, 3.05) is 44.4 Å². The molecule has 0 unspecified atom stereocenters. The first-order valence-corrected chi connectivity index (χ1v) is 6.54. The molecule has 3 N–H and O–H groups in total. The lowest BCUT2D eigenvalue weighted by Gasteiger charge is -2.12. The van der Waals surface area contributed by atoms with Crippen molar-refractivity contribution in [3.8, 4) is 0 Å². The Hall–Kier alpha value is -1.89. The Bertz CT molecular complexity index is 520. The molecule has 7 nitrogen and oxygen atoms in total. The molecule has 0 saturated heterocycles. The Morgan fingerprint density at radius 2 is 2.05 bits per heavy atom. The van der Waals surface area contributed by atoms with Gasteiger partial charge in [-0.2, -0.15) is 15.1 Å². The predicted octanol–water partition coefficient (Wildman–Crippen LogP) is 1.15. The number of aromatic amines is 1. The standard InChI is InChI=1S/C12H21N7/c1-4-5-14-12-16-10(13-6-7-19(2)3)9-8-15-18-11(9)17-12/h8H,4-7H2,1-3H3,(H3,13,14,15,16,17,18). The van der Waals surface area contributed by atoms with Crippen LogP contribution in [0.1, 0.15) is 13.3 Å². The average molecular weight is 263 g/mol. The molecular weight excluding hydrogens is 242 g/mol. The molecule has 0 spiro atoms. The minimum Gasteiger partial charge on any atom is -0.368 e. The molecule has 2 aromatic heterocycles. The summed E-state index contributed by atoms with van der Waals surface area (Å²) in [6, 6.07) is 0. The van der Waals surface area contributed by atoms with Gasteiger partial charge in [0.25, 0.3) is 0 Å². The van der Waals surface area contributed by atoms with Crippen molar-refractivity contribution in [3.05, 3.63) is 6.20 Å². The highest BCUT2D eigenvalue weighted by atomic mass is 15.2. The van der Waals surface area contributed by atoms with Crippen LogP contribution in [0.5, 0.6) is 0 Å². The molecule has 0 atom stereocenters. The van der Waals surface area contributed by atoms with Gasteiger partial charge in [-0.25, -0.2) is 0 Å². The zero-order valence-electron chi connectivity index (χ0n) is 11.7. The predicted molar refractivity (Wildman–Crippen MR) is 77.5 cm³/mol. The summed E-state index contributed by atoms with van der Waals surface area (Å²) in [6.45, 7) is 4.74.